The minimum atomic E-state index is -4.71. The van der Waals surface area contributed by atoms with Gasteiger partial charge in [-0.25, -0.2) is 0 Å². The van der Waals surface area contributed by atoms with Crippen molar-refractivity contribution >= 4 is 5.78 Å². The summed E-state index contributed by atoms with van der Waals surface area (Å²) in [6.45, 7) is 4.21. The quantitative estimate of drug-likeness (QED) is 0.733. The molecule has 1 rings (SSSR count). The van der Waals surface area contributed by atoms with Gasteiger partial charge in [0.15, 0.2) is 0 Å². The van der Waals surface area contributed by atoms with Crippen LogP contribution < -0.4 is 4.74 Å². The molecule has 0 aliphatic heterocycles. The first-order valence-corrected chi connectivity index (χ1v) is 6.10. The summed E-state index contributed by atoms with van der Waals surface area (Å²) in [7, 11) is 0. The summed E-state index contributed by atoms with van der Waals surface area (Å²) < 4.78 is 41.2. The average molecular weight is 274 g/mol. The predicted molar refractivity (Wildman–Crippen MR) is 66.3 cm³/mol. The van der Waals surface area contributed by atoms with Crippen LogP contribution in [0.2, 0.25) is 0 Å². The van der Waals surface area contributed by atoms with E-state index in [1.54, 1.807) is 0 Å². The topological polar surface area (TPSA) is 26.3 Å². The van der Waals surface area contributed by atoms with Crippen LogP contribution in [0, 0.1) is 13.8 Å². The zero-order valence-corrected chi connectivity index (χ0v) is 11.0. The van der Waals surface area contributed by atoms with E-state index in [1.165, 1.54) is 0 Å². The number of Topliss-reactive ketones (excluding diaryl/α,β-unsaturated/α-hetero) is 1. The molecule has 0 radical (unpaired) electrons. The SMILES string of the molecule is Cc1cc(C)cc(OCCCCC(=O)C(F)(F)F)c1. The lowest BCUT2D eigenvalue weighted by molar-refractivity contribution is -0.171. The Kier molecular flexibility index (Phi) is 5.39. The standard InChI is InChI=1S/C14H17F3O2/c1-10-7-11(2)9-12(8-10)19-6-4-3-5-13(18)14(15,16)17/h7-9H,3-6H2,1-2H3. The zero-order chi connectivity index (χ0) is 14.5. The lowest BCUT2D eigenvalue weighted by atomic mass is 10.1. The van der Waals surface area contributed by atoms with Gasteiger partial charge in [0, 0.05) is 6.42 Å². The summed E-state index contributed by atoms with van der Waals surface area (Å²) in [6, 6.07) is 5.75. The van der Waals surface area contributed by atoms with Gasteiger partial charge < -0.3 is 4.74 Å². The van der Waals surface area contributed by atoms with Crippen LogP contribution in [0.3, 0.4) is 0 Å². The Bertz CT molecular complexity index is 419. The van der Waals surface area contributed by atoms with Crippen molar-refractivity contribution in [2.24, 2.45) is 0 Å². The number of hydrogen-bond donors (Lipinski definition) is 0. The maximum atomic E-state index is 11.9. The van der Waals surface area contributed by atoms with Gasteiger partial charge in [0.1, 0.15) is 5.75 Å². The van der Waals surface area contributed by atoms with Crippen molar-refractivity contribution in [1.29, 1.82) is 0 Å². The van der Waals surface area contributed by atoms with E-state index in [1.807, 2.05) is 32.0 Å². The molecule has 0 bridgehead atoms. The predicted octanol–water partition coefficient (Wildman–Crippen LogP) is 3.98. The fourth-order valence-electron chi connectivity index (χ4n) is 1.74. The van der Waals surface area contributed by atoms with E-state index in [4.69, 9.17) is 4.74 Å². The Hall–Kier alpha value is -1.52. The van der Waals surface area contributed by atoms with Crippen molar-refractivity contribution in [3.8, 4) is 5.75 Å². The van der Waals surface area contributed by atoms with Crippen LogP contribution in [0.15, 0.2) is 18.2 Å². The van der Waals surface area contributed by atoms with Crippen LogP contribution >= 0.6 is 0 Å². The average Bonchev–Trinajstić information content (AvgIpc) is 2.25. The maximum absolute atomic E-state index is 11.9. The smallest absolute Gasteiger partial charge is 0.449 e. The highest BCUT2D eigenvalue weighted by Crippen LogP contribution is 2.20. The second-order valence-electron chi connectivity index (χ2n) is 4.55. The van der Waals surface area contributed by atoms with E-state index < -0.39 is 18.4 Å². The van der Waals surface area contributed by atoms with Crippen LogP contribution in [-0.2, 0) is 4.79 Å². The molecule has 0 saturated heterocycles. The summed E-state index contributed by atoms with van der Waals surface area (Å²) in [5.41, 5.74) is 2.14. The van der Waals surface area contributed by atoms with Crippen LogP contribution in [0.4, 0.5) is 13.2 Å². The zero-order valence-electron chi connectivity index (χ0n) is 11.0. The lowest BCUT2D eigenvalue weighted by Crippen LogP contribution is -2.22. The molecule has 0 aliphatic rings. The number of rotatable bonds is 6. The molecule has 0 saturated carbocycles. The fourth-order valence-corrected chi connectivity index (χ4v) is 1.74. The highest BCUT2D eigenvalue weighted by molar-refractivity contribution is 5.83. The molecule has 0 aliphatic carbocycles. The molecule has 0 unspecified atom stereocenters. The first-order valence-electron chi connectivity index (χ1n) is 6.10. The molecule has 2 nitrogen and oxygen atoms in total. The number of ketones is 1. The van der Waals surface area contributed by atoms with Crippen molar-refractivity contribution in [1.82, 2.24) is 0 Å². The first-order chi connectivity index (χ1) is 8.79. The Balaban J connectivity index is 2.26. The number of benzene rings is 1. The third-order valence-corrected chi connectivity index (χ3v) is 2.58. The van der Waals surface area contributed by atoms with Gasteiger partial charge in [0.2, 0.25) is 5.78 Å². The highest BCUT2D eigenvalue weighted by Gasteiger charge is 2.36. The number of unbranched alkanes of at least 4 members (excludes halogenated alkanes) is 1. The van der Waals surface area contributed by atoms with E-state index in [0.29, 0.717) is 18.8 Å². The van der Waals surface area contributed by atoms with Crippen molar-refractivity contribution in [2.45, 2.75) is 39.3 Å². The van der Waals surface area contributed by atoms with Gasteiger partial charge in [-0.3, -0.25) is 4.79 Å². The normalized spacial score (nSPS) is 11.4. The minimum Gasteiger partial charge on any atom is -0.494 e. The molecule has 1 aromatic carbocycles. The number of alkyl halides is 3. The molecule has 0 heterocycles. The molecule has 0 fully saturated rings. The van der Waals surface area contributed by atoms with E-state index in [2.05, 4.69) is 0 Å². The Morgan fingerprint density at radius 2 is 1.68 bits per heavy atom. The van der Waals surface area contributed by atoms with E-state index >= 15 is 0 Å². The third-order valence-electron chi connectivity index (χ3n) is 2.58. The van der Waals surface area contributed by atoms with Crippen molar-refractivity contribution in [3.63, 3.8) is 0 Å². The van der Waals surface area contributed by atoms with E-state index in [-0.39, 0.29) is 6.42 Å². The maximum Gasteiger partial charge on any atom is 0.449 e. The summed E-state index contributed by atoms with van der Waals surface area (Å²) in [6.07, 6.45) is -4.58. The molecule has 19 heavy (non-hydrogen) atoms. The van der Waals surface area contributed by atoms with Gasteiger partial charge in [0.25, 0.3) is 0 Å². The van der Waals surface area contributed by atoms with E-state index in [9.17, 15) is 18.0 Å². The number of carbonyl (C=O) groups excluding carboxylic acids is 1. The van der Waals surface area contributed by atoms with Crippen LogP contribution in [0.1, 0.15) is 30.4 Å². The minimum absolute atomic E-state index is 0.184. The third kappa shape index (κ3) is 5.77. The van der Waals surface area contributed by atoms with Crippen LogP contribution in [-0.4, -0.2) is 18.6 Å². The molecule has 0 atom stereocenters. The van der Waals surface area contributed by atoms with Crippen molar-refractivity contribution in [3.05, 3.63) is 29.3 Å². The largest absolute Gasteiger partial charge is 0.494 e. The van der Waals surface area contributed by atoms with Gasteiger partial charge in [-0.2, -0.15) is 13.2 Å². The van der Waals surface area contributed by atoms with Gasteiger partial charge in [-0.05, 0) is 49.9 Å². The van der Waals surface area contributed by atoms with Crippen LogP contribution in [0.25, 0.3) is 0 Å². The molecular formula is C14H17F3O2. The van der Waals surface area contributed by atoms with Crippen molar-refractivity contribution in [2.75, 3.05) is 6.61 Å². The highest BCUT2D eigenvalue weighted by atomic mass is 19.4. The van der Waals surface area contributed by atoms with Gasteiger partial charge in [0.05, 0.1) is 6.61 Å². The molecule has 1 aromatic rings. The molecular weight excluding hydrogens is 257 g/mol. The van der Waals surface area contributed by atoms with Crippen molar-refractivity contribution < 1.29 is 22.7 Å². The molecule has 0 spiro atoms. The summed E-state index contributed by atoms with van der Waals surface area (Å²) in [5.74, 6) is -0.960. The number of aryl methyl sites for hydroxylation is 2. The molecule has 106 valence electrons. The van der Waals surface area contributed by atoms with E-state index in [0.717, 1.165) is 11.1 Å². The molecule has 0 N–H and O–H groups in total. The monoisotopic (exact) mass is 274 g/mol. The number of ether oxygens (including phenoxy) is 1. The lowest BCUT2D eigenvalue weighted by Gasteiger charge is -2.08. The van der Waals surface area contributed by atoms with Gasteiger partial charge >= 0.3 is 6.18 Å². The fraction of sp³-hybridized carbons (Fsp3) is 0.500. The second kappa shape index (κ2) is 6.59. The van der Waals surface area contributed by atoms with Gasteiger partial charge in [-0.15, -0.1) is 0 Å². The molecule has 5 heteroatoms. The Morgan fingerprint density at radius 3 is 2.21 bits per heavy atom. The molecule has 0 aromatic heterocycles. The van der Waals surface area contributed by atoms with Gasteiger partial charge in [-0.1, -0.05) is 6.07 Å². The number of hydrogen-bond acceptors (Lipinski definition) is 2. The van der Waals surface area contributed by atoms with Crippen LogP contribution in [0.5, 0.6) is 5.75 Å². The molecule has 0 amide bonds. The first kappa shape index (κ1) is 15.5. The number of carbonyl (C=O) groups is 1. The Labute approximate surface area is 110 Å². The summed E-state index contributed by atoms with van der Waals surface area (Å²) >= 11 is 0. The Morgan fingerprint density at radius 1 is 1.11 bits per heavy atom. The summed E-state index contributed by atoms with van der Waals surface area (Å²) in [4.78, 5) is 10.6. The summed E-state index contributed by atoms with van der Waals surface area (Å²) in [5, 5.41) is 0. The second-order valence-corrected chi connectivity index (χ2v) is 4.55. The number of halogens is 3.